The van der Waals surface area contributed by atoms with Crippen LogP contribution in [0.2, 0.25) is 0 Å². The van der Waals surface area contributed by atoms with E-state index in [-0.39, 0.29) is 17.0 Å². The number of rotatable bonds is 6. The molecule has 7 nitrogen and oxygen atoms in total. The highest BCUT2D eigenvalue weighted by molar-refractivity contribution is 5.98. The molecule has 0 aliphatic carbocycles. The Hall–Kier alpha value is -4.44. The third-order valence-corrected chi connectivity index (χ3v) is 5.84. The van der Waals surface area contributed by atoms with E-state index in [1.165, 1.54) is 12.1 Å². The lowest BCUT2D eigenvalue weighted by molar-refractivity contribution is 0.0687. The summed E-state index contributed by atoms with van der Waals surface area (Å²) < 4.78 is 0. The first-order chi connectivity index (χ1) is 15.8. The molecule has 0 aliphatic rings. The molecule has 1 aromatic heterocycles. The van der Waals surface area contributed by atoms with E-state index in [1.807, 2.05) is 26.0 Å². The molecule has 4 aromatic rings. The zero-order chi connectivity index (χ0) is 23.7. The average molecular weight is 439 g/mol. The molecule has 0 spiro atoms. The number of nitriles is 1. The maximum absolute atomic E-state index is 12.0. The number of benzene rings is 3. The fraction of sp³-hybridized carbons (Fsp3) is 0.154. The van der Waals surface area contributed by atoms with Crippen molar-refractivity contribution in [2.24, 2.45) is 0 Å². The van der Waals surface area contributed by atoms with Crippen LogP contribution in [0, 0.1) is 18.3 Å². The first-order valence-electron chi connectivity index (χ1n) is 10.4. The SMILES string of the molecule is CCC(c1ccc(C(=O)O)cc1-c1ccc(C)cc1C(=O)O)c1[nH]nc2cc(C#N)ccc12. The van der Waals surface area contributed by atoms with E-state index in [1.54, 1.807) is 30.3 Å². The molecule has 1 atom stereocenters. The second-order valence-corrected chi connectivity index (χ2v) is 7.90. The Balaban J connectivity index is 1.97. The van der Waals surface area contributed by atoms with E-state index in [0.717, 1.165) is 22.2 Å². The van der Waals surface area contributed by atoms with Gasteiger partial charge >= 0.3 is 11.9 Å². The van der Waals surface area contributed by atoms with Gasteiger partial charge in [-0.05, 0) is 66.4 Å². The summed E-state index contributed by atoms with van der Waals surface area (Å²) in [5.74, 6) is -2.37. The van der Waals surface area contributed by atoms with Gasteiger partial charge in [-0.15, -0.1) is 0 Å². The molecule has 0 aliphatic heterocycles. The lowest BCUT2D eigenvalue weighted by atomic mass is 9.83. The molecular weight excluding hydrogens is 418 g/mol. The number of carboxylic acids is 2. The molecular formula is C26H21N3O4. The monoisotopic (exact) mass is 439 g/mol. The Morgan fingerprint density at radius 1 is 1.03 bits per heavy atom. The molecule has 0 saturated heterocycles. The highest BCUT2D eigenvalue weighted by atomic mass is 16.4. The number of carboxylic acid groups (broad SMARTS) is 2. The maximum Gasteiger partial charge on any atom is 0.336 e. The molecule has 1 unspecified atom stereocenters. The van der Waals surface area contributed by atoms with Crippen molar-refractivity contribution in [3.63, 3.8) is 0 Å². The minimum absolute atomic E-state index is 0.0775. The number of nitrogens with one attached hydrogen (secondary N) is 1. The zero-order valence-corrected chi connectivity index (χ0v) is 18.1. The van der Waals surface area contributed by atoms with Gasteiger partial charge < -0.3 is 10.2 Å². The van der Waals surface area contributed by atoms with E-state index in [4.69, 9.17) is 0 Å². The first kappa shape index (κ1) is 21.8. The predicted octanol–water partition coefficient (Wildman–Crippen LogP) is 5.35. The zero-order valence-electron chi connectivity index (χ0n) is 18.1. The molecule has 3 N–H and O–H groups in total. The first-order valence-corrected chi connectivity index (χ1v) is 10.4. The van der Waals surface area contributed by atoms with Crippen molar-refractivity contribution in [1.82, 2.24) is 10.2 Å². The van der Waals surface area contributed by atoms with Crippen molar-refractivity contribution in [3.05, 3.63) is 88.1 Å². The van der Waals surface area contributed by atoms with Crippen LogP contribution in [0.3, 0.4) is 0 Å². The van der Waals surface area contributed by atoms with Gasteiger partial charge in [-0.3, -0.25) is 5.10 Å². The largest absolute Gasteiger partial charge is 0.478 e. The number of fused-ring (bicyclic) bond motifs is 1. The molecule has 0 radical (unpaired) electrons. The summed E-state index contributed by atoms with van der Waals surface area (Å²) in [6.07, 6.45) is 0.658. The normalized spacial score (nSPS) is 11.8. The fourth-order valence-corrected chi connectivity index (χ4v) is 4.24. The molecule has 4 rings (SSSR count). The summed E-state index contributed by atoms with van der Waals surface area (Å²) >= 11 is 0. The van der Waals surface area contributed by atoms with Gasteiger partial charge in [-0.25, -0.2) is 9.59 Å². The van der Waals surface area contributed by atoms with E-state index >= 15 is 0 Å². The molecule has 0 bridgehead atoms. The highest BCUT2D eigenvalue weighted by Crippen LogP contribution is 2.39. The van der Waals surface area contributed by atoms with Crippen LogP contribution in [0.25, 0.3) is 22.0 Å². The lowest BCUT2D eigenvalue weighted by Crippen LogP contribution is -2.08. The standard InChI is InChI=1S/C26H21N3O4/c1-3-17(24-20-8-5-15(13-27)11-23(20)28-29-24)18-9-6-16(25(30)31)12-21(18)19-7-4-14(2)10-22(19)26(32)33/h4-12,17H,3H2,1-2H3,(H,28,29)(H,30,31)(H,32,33). The summed E-state index contributed by atoms with van der Waals surface area (Å²) in [4.78, 5) is 23.7. The number of H-pyrrole nitrogens is 1. The lowest BCUT2D eigenvalue weighted by Gasteiger charge is -2.20. The second kappa shape index (κ2) is 8.60. The van der Waals surface area contributed by atoms with Crippen molar-refractivity contribution in [3.8, 4) is 17.2 Å². The Morgan fingerprint density at radius 3 is 2.48 bits per heavy atom. The Kier molecular flexibility index (Phi) is 5.67. The predicted molar refractivity (Wildman–Crippen MR) is 123 cm³/mol. The number of carbonyl (C=O) groups is 2. The molecule has 1 heterocycles. The van der Waals surface area contributed by atoms with Crippen molar-refractivity contribution in [2.45, 2.75) is 26.2 Å². The van der Waals surface area contributed by atoms with Gasteiger partial charge in [0.05, 0.1) is 34.0 Å². The molecule has 0 amide bonds. The van der Waals surface area contributed by atoms with Crippen LogP contribution in [0.15, 0.2) is 54.6 Å². The molecule has 3 aromatic carbocycles. The van der Waals surface area contributed by atoms with E-state index < -0.39 is 11.9 Å². The molecule has 0 fully saturated rings. The maximum atomic E-state index is 12.0. The minimum Gasteiger partial charge on any atom is -0.478 e. The number of hydrogen-bond donors (Lipinski definition) is 3. The smallest absolute Gasteiger partial charge is 0.336 e. The van der Waals surface area contributed by atoms with Gasteiger partial charge in [0.1, 0.15) is 0 Å². The molecule has 7 heteroatoms. The average Bonchev–Trinajstić information content (AvgIpc) is 3.22. The summed E-state index contributed by atoms with van der Waals surface area (Å²) in [6, 6.07) is 17.3. The number of aromatic nitrogens is 2. The van der Waals surface area contributed by atoms with Crippen LogP contribution in [0.1, 0.15) is 62.4 Å². The van der Waals surface area contributed by atoms with Crippen LogP contribution >= 0.6 is 0 Å². The van der Waals surface area contributed by atoms with Crippen LogP contribution < -0.4 is 0 Å². The Labute approximate surface area is 189 Å². The number of nitrogens with zero attached hydrogens (tertiary/aromatic N) is 2. The van der Waals surface area contributed by atoms with Gasteiger partial charge in [-0.2, -0.15) is 10.4 Å². The second-order valence-electron chi connectivity index (χ2n) is 7.90. The summed E-state index contributed by atoms with van der Waals surface area (Å²) in [5, 5.41) is 36.9. The molecule has 164 valence electrons. The van der Waals surface area contributed by atoms with E-state index in [0.29, 0.717) is 28.6 Å². The van der Waals surface area contributed by atoms with Crippen molar-refractivity contribution >= 4 is 22.8 Å². The Morgan fingerprint density at radius 2 is 1.82 bits per heavy atom. The van der Waals surface area contributed by atoms with Gasteiger partial charge in [0, 0.05) is 11.3 Å². The fourth-order valence-electron chi connectivity index (χ4n) is 4.24. The van der Waals surface area contributed by atoms with Gasteiger partial charge in [0.15, 0.2) is 0 Å². The topological polar surface area (TPSA) is 127 Å². The third-order valence-electron chi connectivity index (χ3n) is 5.84. The van der Waals surface area contributed by atoms with Gasteiger partial charge in [-0.1, -0.05) is 30.7 Å². The van der Waals surface area contributed by atoms with Crippen LogP contribution in [-0.2, 0) is 0 Å². The Bertz CT molecular complexity index is 1450. The van der Waals surface area contributed by atoms with Crippen molar-refractivity contribution < 1.29 is 19.8 Å². The van der Waals surface area contributed by atoms with Gasteiger partial charge in [0.2, 0.25) is 0 Å². The summed E-state index contributed by atoms with van der Waals surface area (Å²) in [7, 11) is 0. The quantitative estimate of drug-likeness (QED) is 0.372. The summed E-state index contributed by atoms with van der Waals surface area (Å²) in [6.45, 7) is 3.81. The highest BCUT2D eigenvalue weighted by Gasteiger charge is 2.24. The third kappa shape index (κ3) is 3.94. The number of aromatic amines is 1. The van der Waals surface area contributed by atoms with Gasteiger partial charge in [0.25, 0.3) is 0 Å². The minimum atomic E-state index is -1.09. The van der Waals surface area contributed by atoms with Crippen LogP contribution in [0.5, 0.6) is 0 Å². The van der Waals surface area contributed by atoms with E-state index in [9.17, 15) is 25.1 Å². The number of aryl methyl sites for hydroxylation is 1. The molecule has 33 heavy (non-hydrogen) atoms. The van der Waals surface area contributed by atoms with Crippen LogP contribution in [-0.4, -0.2) is 32.3 Å². The molecule has 0 saturated carbocycles. The van der Waals surface area contributed by atoms with Crippen molar-refractivity contribution in [1.29, 1.82) is 5.26 Å². The number of hydrogen-bond acceptors (Lipinski definition) is 4. The van der Waals surface area contributed by atoms with E-state index in [2.05, 4.69) is 16.3 Å². The van der Waals surface area contributed by atoms with Crippen LogP contribution in [0.4, 0.5) is 0 Å². The summed E-state index contributed by atoms with van der Waals surface area (Å²) in [5.41, 5.74) is 4.78. The van der Waals surface area contributed by atoms with Crippen molar-refractivity contribution in [2.75, 3.05) is 0 Å². The number of aromatic carboxylic acids is 2.